The molecule has 0 aliphatic rings. The molecule has 66 valence electrons. The molecule has 0 unspecified atom stereocenters. The third-order valence-electron chi connectivity index (χ3n) is 2.20. The van der Waals surface area contributed by atoms with Gasteiger partial charge in [-0.2, -0.15) is 0 Å². The summed E-state index contributed by atoms with van der Waals surface area (Å²) in [5.41, 5.74) is 1.79. The number of fused-ring (bicyclic) bond motifs is 3. The van der Waals surface area contributed by atoms with Crippen LogP contribution in [0, 0.1) is 0 Å². The number of benzene rings is 1. The van der Waals surface area contributed by atoms with Crippen LogP contribution in [-0.4, -0.2) is 20.4 Å². The Bertz CT molecular complexity index is 606. The molecular weight excluding hydrogens is 176 g/mol. The molecule has 4 heteroatoms. The minimum Gasteiger partial charge on any atom is -0.256 e. The van der Waals surface area contributed by atoms with E-state index in [1.807, 2.05) is 24.3 Å². The van der Waals surface area contributed by atoms with Crippen LogP contribution in [0.2, 0.25) is 0 Å². The van der Waals surface area contributed by atoms with Gasteiger partial charge in [0.05, 0.1) is 11.7 Å². The fraction of sp³-hybridized carbons (Fsp3) is 0. The fourth-order valence-electron chi connectivity index (χ4n) is 1.54. The topological polar surface area (TPSA) is 51.6 Å². The predicted molar refractivity (Wildman–Crippen MR) is 52.6 cm³/mol. The Labute approximate surface area is 79.6 Å². The molecule has 3 aromatic rings. The summed E-state index contributed by atoms with van der Waals surface area (Å²) in [4.78, 5) is 4.20. The smallest absolute Gasteiger partial charge is 0.104 e. The molecule has 0 fully saturated rings. The summed E-state index contributed by atoms with van der Waals surface area (Å²) in [5, 5.41) is 13.5. The zero-order valence-electron chi connectivity index (χ0n) is 7.25. The van der Waals surface area contributed by atoms with Crippen LogP contribution in [0.1, 0.15) is 0 Å². The number of nitrogens with zero attached hydrogens (tertiary/aromatic N) is 4. The molecule has 2 aromatic heterocycles. The number of aromatic nitrogens is 4. The zero-order chi connectivity index (χ0) is 9.38. The highest BCUT2D eigenvalue weighted by atomic mass is 15.3. The summed E-state index contributed by atoms with van der Waals surface area (Å²) in [7, 11) is 0. The van der Waals surface area contributed by atoms with E-state index in [-0.39, 0.29) is 0 Å². The Kier molecular flexibility index (Phi) is 1.41. The molecule has 0 radical (unpaired) electrons. The molecule has 0 amide bonds. The number of hydrogen-bond donors (Lipinski definition) is 0. The van der Waals surface area contributed by atoms with Crippen LogP contribution in [0.4, 0.5) is 0 Å². The molecule has 0 N–H and O–H groups in total. The zero-order valence-corrected chi connectivity index (χ0v) is 7.25. The van der Waals surface area contributed by atoms with Crippen molar-refractivity contribution in [3.05, 3.63) is 36.7 Å². The van der Waals surface area contributed by atoms with Crippen LogP contribution in [0.25, 0.3) is 21.8 Å². The minimum atomic E-state index is 0.845. The van der Waals surface area contributed by atoms with E-state index in [1.165, 1.54) is 0 Å². The predicted octanol–water partition coefficient (Wildman–Crippen LogP) is 1.57. The summed E-state index contributed by atoms with van der Waals surface area (Å²) in [6.45, 7) is 0. The van der Waals surface area contributed by atoms with E-state index < -0.39 is 0 Å². The molecule has 14 heavy (non-hydrogen) atoms. The fourth-order valence-corrected chi connectivity index (χ4v) is 1.54. The number of rotatable bonds is 0. The Morgan fingerprint density at radius 1 is 0.929 bits per heavy atom. The second-order valence-corrected chi connectivity index (χ2v) is 3.00. The van der Waals surface area contributed by atoms with Crippen molar-refractivity contribution in [1.29, 1.82) is 0 Å². The minimum absolute atomic E-state index is 0.845. The van der Waals surface area contributed by atoms with E-state index in [4.69, 9.17) is 0 Å². The average Bonchev–Trinajstić information content (AvgIpc) is 2.55. The SMILES string of the molecule is c1cc2ccc3nccc3c2nnn1. The summed E-state index contributed by atoms with van der Waals surface area (Å²) in [5.74, 6) is 0. The second-order valence-electron chi connectivity index (χ2n) is 3.00. The van der Waals surface area contributed by atoms with E-state index in [0.717, 1.165) is 21.8 Å². The van der Waals surface area contributed by atoms with Gasteiger partial charge in [0, 0.05) is 17.0 Å². The Hall–Kier alpha value is -2.10. The highest BCUT2D eigenvalue weighted by molar-refractivity contribution is 6.03. The standard InChI is InChI=1S/C10H6N4/c1-2-9-8(4-5-11-9)10-7(1)3-6-12-14-13-10/h1-6H. The van der Waals surface area contributed by atoms with E-state index in [2.05, 4.69) is 20.4 Å². The van der Waals surface area contributed by atoms with Crippen LogP contribution in [0.5, 0.6) is 0 Å². The van der Waals surface area contributed by atoms with Gasteiger partial charge in [0.15, 0.2) is 0 Å². The summed E-state index contributed by atoms with van der Waals surface area (Å²) in [6.07, 6.45) is 3.41. The molecular formula is C10H6N4. The van der Waals surface area contributed by atoms with Gasteiger partial charge in [-0.3, -0.25) is 4.98 Å². The van der Waals surface area contributed by atoms with Crippen LogP contribution in [0.3, 0.4) is 0 Å². The maximum atomic E-state index is 4.20. The van der Waals surface area contributed by atoms with Gasteiger partial charge in [0.25, 0.3) is 0 Å². The molecule has 4 nitrogen and oxygen atoms in total. The molecule has 0 aliphatic heterocycles. The summed E-state index contributed by atoms with van der Waals surface area (Å²) < 4.78 is 0. The largest absolute Gasteiger partial charge is 0.256 e. The molecule has 0 spiro atoms. The third-order valence-corrected chi connectivity index (χ3v) is 2.20. The first kappa shape index (κ1) is 7.32. The van der Waals surface area contributed by atoms with Gasteiger partial charge in [-0.15, -0.1) is 10.2 Å². The lowest BCUT2D eigenvalue weighted by Crippen LogP contribution is -1.78. The average molecular weight is 182 g/mol. The van der Waals surface area contributed by atoms with Crippen molar-refractivity contribution < 1.29 is 0 Å². The molecule has 0 atom stereocenters. The number of hydrogen-bond acceptors (Lipinski definition) is 4. The van der Waals surface area contributed by atoms with Crippen molar-refractivity contribution in [3.63, 3.8) is 0 Å². The van der Waals surface area contributed by atoms with Crippen molar-refractivity contribution in [2.75, 3.05) is 0 Å². The normalized spacial score (nSPS) is 10.9. The van der Waals surface area contributed by atoms with Crippen LogP contribution >= 0.6 is 0 Å². The van der Waals surface area contributed by atoms with E-state index in [0.29, 0.717) is 0 Å². The van der Waals surface area contributed by atoms with Crippen LogP contribution in [0.15, 0.2) is 36.7 Å². The summed E-state index contributed by atoms with van der Waals surface area (Å²) in [6, 6.07) is 7.77. The molecule has 3 rings (SSSR count). The monoisotopic (exact) mass is 182 g/mol. The molecule has 0 aliphatic carbocycles. The van der Waals surface area contributed by atoms with Crippen molar-refractivity contribution in [3.8, 4) is 0 Å². The van der Waals surface area contributed by atoms with E-state index >= 15 is 0 Å². The van der Waals surface area contributed by atoms with E-state index in [9.17, 15) is 0 Å². The maximum Gasteiger partial charge on any atom is 0.104 e. The molecule has 0 bridgehead atoms. The molecule has 1 aromatic carbocycles. The first-order chi connectivity index (χ1) is 6.95. The lowest BCUT2D eigenvalue weighted by Gasteiger charge is -1.91. The first-order valence-corrected chi connectivity index (χ1v) is 4.27. The first-order valence-electron chi connectivity index (χ1n) is 4.27. The van der Waals surface area contributed by atoms with Gasteiger partial charge in [-0.1, -0.05) is 6.07 Å². The van der Waals surface area contributed by atoms with Gasteiger partial charge >= 0.3 is 0 Å². The highest BCUT2D eigenvalue weighted by Crippen LogP contribution is 2.20. The van der Waals surface area contributed by atoms with Crippen molar-refractivity contribution in [2.24, 2.45) is 0 Å². The lowest BCUT2D eigenvalue weighted by atomic mass is 10.2. The Morgan fingerprint density at radius 3 is 2.93 bits per heavy atom. The van der Waals surface area contributed by atoms with Gasteiger partial charge < -0.3 is 0 Å². The third kappa shape index (κ3) is 0.939. The molecule has 2 heterocycles. The lowest BCUT2D eigenvalue weighted by molar-refractivity contribution is 0.910. The molecule has 0 saturated carbocycles. The van der Waals surface area contributed by atoms with Crippen molar-refractivity contribution in [1.82, 2.24) is 20.4 Å². The molecule has 0 saturated heterocycles. The summed E-state index contributed by atoms with van der Waals surface area (Å²) >= 11 is 0. The Balaban J connectivity index is 2.64. The van der Waals surface area contributed by atoms with Crippen molar-refractivity contribution in [2.45, 2.75) is 0 Å². The van der Waals surface area contributed by atoms with Crippen LogP contribution in [-0.2, 0) is 0 Å². The van der Waals surface area contributed by atoms with Gasteiger partial charge in [-0.25, -0.2) is 0 Å². The van der Waals surface area contributed by atoms with Gasteiger partial charge in [0.2, 0.25) is 0 Å². The van der Waals surface area contributed by atoms with Gasteiger partial charge in [0.1, 0.15) is 5.52 Å². The van der Waals surface area contributed by atoms with Crippen molar-refractivity contribution >= 4 is 21.8 Å². The highest BCUT2D eigenvalue weighted by Gasteiger charge is 2.01. The van der Waals surface area contributed by atoms with Gasteiger partial charge in [-0.05, 0) is 23.4 Å². The maximum absolute atomic E-state index is 4.20. The second kappa shape index (κ2) is 2.70. The van der Waals surface area contributed by atoms with Crippen LogP contribution < -0.4 is 0 Å². The quantitative estimate of drug-likeness (QED) is 0.529. The Morgan fingerprint density at radius 2 is 1.93 bits per heavy atom. The van der Waals surface area contributed by atoms with E-state index in [1.54, 1.807) is 12.4 Å².